The summed E-state index contributed by atoms with van der Waals surface area (Å²) in [5.74, 6) is 0.822. The molecule has 0 saturated carbocycles. The fraction of sp³-hybridized carbons (Fsp3) is 0.571. The Labute approximate surface area is 172 Å². The van der Waals surface area contributed by atoms with E-state index < -0.39 is 5.41 Å². The van der Waals surface area contributed by atoms with Gasteiger partial charge in [-0.15, -0.1) is 0 Å². The molecule has 2 aliphatic heterocycles. The molecule has 1 spiro atoms. The lowest BCUT2D eigenvalue weighted by Gasteiger charge is -2.34. The SMILES string of the molecule is COc1ccc(CC(=O)N2CCN(C(=O)N(C)C)C[C@@]3(CC(=O)N(C)C3)C2)cc1. The Morgan fingerprint density at radius 3 is 2.24 bits per heavy atom. The summed E-state index contributed by atoms with van der Waals surface area (Å²) in [6.07, 6.45) is 0.637. The van der Waals surface area contributed by atoms with Crippen molar-refractivity contribution in [2.45, 2.75) is 12.8 Å². The molecule has 0 aliphatic carbocycles. The number of likely N-dealkylation sites (tertiary alicyclic amines) is 1. The minimum atomic E-state index is -0.427. The van der Waals surface area contributed by atoms with Gasteiger partial charge < -0.3 is 24.3 Å². The van der Waals surface area contributed by atoms with Gasteiger partial charge in [-0.05, 0) is 17.7 Å². The Kier molecular flexibility index (Phi) is 6.00. The Bertz CT molecular complexity index is 779. The molecular weight excluding hydrogens is 372 g/mol. The van der Waals surface area contributed by atoms with Crippen molar-refractivity contribution < 1.29 is 19.1 Å². The zero-order valence-corrected chi connectivity index (χ0v) is 17.7. The molecular formula is C21H30N4O4. The molecule has 1 aromatic carbocycles. The summed E-state index contributed by atoms with van der Waals surface area (Å²) in [7, 11) is 6.83. The zero-order chi connectivity index (χ0) is 21.2. The van der Waals surface area contributed by atoms with Crippen LogP contribution in [-0.2, 0) is 16.0 Å². The molecule has 0 N–H and O–H groups in total. The third-order valence-electron chi connectivity index (χ3n) is 5.74. The van der Waals surface area contributed by atoms with Crippen LogP contribution in [0.2, 0.25) is 0 Å². The van der Waals surface area contributed by atoms with Gasteiger partial charge in [-0.3, -0.25) is 9.59 Å². The van der Waals surface area contributed by atoms with Gasteiger partial charge in [-0.1, -0.05) is 12.1 Å². The van der Waals surface area contributed by atoms with Crippen LogP contribution in [0, 0.1) is 5.41 Å². The van der Waals surface area contributed by atoms with Crippen LogP contribution in [0.4, 0.5) is 4.79 Å². The van der Waals surface area contributed by atoms with E-state index in [1.165, 1.54) is 0 Å². The number of carbonyl (C=O) groups excluding carboxylic acids is 3. The number of rotatable bonds is 3. The van der Waals surface area contributed by atoms with Crippen molar-refractivity contribution in [3.05, 3.63) is 29.8 Å². The number of hydrogen-bond acceptors (Lipinski definition) is 4. The number of hydrogen-bond donors (Lipinski definition) is 0. The smallest absolute Gasteiger partial charge is 0.319 e. The van der Waals surface area contributed by atoms with Crippen molar-refractivity contribution in [2.75, 3.05) is 61.0 Å². The molecule has 158 valence electrons. The first-order valence-corrected chi connectivity index (χ1v) is 9.84. The Hall–Kier alpha value is -2.77. The van der Waals surface area contributed by atoms with E-state index in [1.54, 1.807) is 43.0 Å². The third kappa shape index (κ3) is 4.63. The molecule has 1 atom stereocenters. The van der Waals surface area contributed by atoms with Crippen molar-refractivity contribution in [2.24, 2.45) is 5.41 Å². The summed E-state index contributed by atoms with van der Waals surface area (Å²) in [6.45, 7) is 2.44. The molecule has 4 amide bonds. The van der Waals surface area contributed by atoms with Crippen LogP contribution in [0.1, 0.15) is 12.0 Å². The monoisotopic (exact) mass is 402 g/mol. The number of nitrogens with zero attached hydrogens (tertiary/aromatic N) is 4. The van der Waals surface area contributed by atoms with E-state index >= 15 is 0 Å². The summed E-state index contributed by atoms with van der Waals surface area (Å²) in [5, 5.41) is 0. The van der Waals surface area contributed by atoms with Gasteiger partial charge in [0.05, 0.1) is 13.5 Å². The van der Waals surface area contributed by atoms with Crippen molar-refractivity contribution in [3.8, 4) is 5.75 Å². The first kappa shape index (κ1) is 21.0. The van der Waals surface area contributed by atoms with E-state index in [0.717, 1.165) is 11.3 Å². The minimum Gasteiger partial charge on any atom is -0.497 e. The first-order chi connectivity index (χ1) is 13.7. The van der Waals surface area contributed by atoms with E-state index in [9.17, 15) is 14.4 Å². The van der Waals surface area contributed by atoms with Crippen LogP contribution < -0.4 is 4.74 Å². The fourth-order valence-corrected chi connectivity index (χ4v) is 4.26. The van der Waals surface area contributed by atoms with Gasteiger partial charge in [0.1, 0.15) is 5.75 Å². The van der Waals surface area contributed by atoms with Crippen LogP contribution >= 0.6 is 0 Å². The van der Waals surface area contributed by atoms with Gasteiger partial charge in [-0.25, -0.2) is 4.79 Å². The van der Waals surface area contributed by atoms with E-state index in [4.69, 9.17) is 4.74 Å². The van der Waals surface area contributed by atoms with E-state index in [1.807, 2.05) is 29.2 Å². The molecule has 0 radical (unpaired) electrons. The van der Waals surface area contributed by atoms with E-state index in [0.29, 0.717) is 39.1 Å². The molecule has 29 heavy (non-hydrogen) atoms. The van der Waals surface area contributed by atoms with E-state index in [-0.39, 0.29) is 24.3 Å². The Morgan fingerprint density at radius 2 is 1.69 bits per heavy atom. The molecule has 1 aromatic rings. The Morgan fingerprint density at radius 1 is 1.07 bits per heavy atom. The molecule has 0 aromatic heterocycles. The molecule has 2 aliphatic rings. The molecule has 2 fully saturated rings. The van der Waals surface area contributed by atoms with Crippen LogP contribution in [0.15, 0.2) is 24.3 Å². The number of urea groups is 1. The van der Waals surface area contributed by atoms with Crippen LogP contribution in [0.5, 0.6) is 5.75 Å². The van der Waals surface area contributed by atoms with Gasteiger partial charge >= 0.3 is 6.03 Å². The number of methoxy groups -OCH3 is 1. The highest BCUT2D eigenvalue weighted by molar-refractivity contribution is 5.82. The van der Waals surface area contributed by atoms with Gasteiger partial charge in [0.15, 0.2) is 0 Å². The summed E-state index contributed by atoms with van der Waals surface area (Å²) < 4.78 is 5.17. The summed E-state index contributed by atoms with van der Waals surface area (Å²) in [4.78, 5) is 44.8. The lowest BCUT2D eigenvalue weighted by Crippen LogP contribution is -2.47. The quantitative estimate of drug-likeness (QED) is 0.753. The second-order valence-corrected chi connectivity index (χ2v) is 8.37. The lowest BCUT2D eigenvalue weighted by atomic mass is 9.86. The average Bonchev–Trinajstić information content (AvgIpc) is 2.85. The van der Waals surface area contributed by atoms with Crippen molar-refractivity contribution in [1.82, 2.24) is 19.6 Å². The van der Waals surface area contributed by atoms with Crippen molar-refractivity contribution >= 4 is 17.8 Å². The minimum absolute atomic E-state index is 0.00990. The average molecular weight is 402 g/mol. The number of carbonyl (C=O) groups is 3. The molecule has 8 heteroatoms. The van der Waals surface area contributed by atoms with Crippen molar-refractivity contribution in [3.63, 3.8) is 0 Å². The topological polar surface area (TPSA) is 73.4 Å². The summed E-state index contributed by atoms with van der Waals surface area (Å²) >= 11 is 0. The predicted molar refractivity (Wildman–Crippen MR) is 109 cm³/mol. The van der Waals surface area contributed by atoms with Gasteiger partial charge in [-0.2, -0.15) is 0 Å². The van der Waals surface area contributed by atoms with Gasteiger partial charge in [0, 0.05) is 65.7 Å². The normalized spacial score (nSPS) is 22.1. The Balaban J connectivity index is 1.78. The second kappa shape index (κ2) is 8.31. The second-order valence-electron chi connectivity index (χ2n) is 8.37. The van der Waals surface area contributed by atoms with Gasteiger partial charge in [0.25, 0.3) is 0 Å². The van der Waals surface area contributed by atoms with Crippen molar-refractivity contribution in [1.29, 1.82) is 0 Å². The summed E-state index contributed by atoms with van der Waals surface area (Å²) in [5.41, 5.74) is 0.485. The van der Waals surface area contributed by atoms with Gasteiger partial charge in [0.2, 0.25) is 11.8 Å². The highest BCUT2D eigenvalue weighted by atomic mass is 16.5. The first-order valence-electron chi connectivity index (χ1n) is 9.84. The fourth-order valence-electron chi connectivity index (χ4n) is 4.26. The molecule has 8 nitrogen and oxygen atoms in total. The molecule has 2 saturated heterocycles. The number of ether oxygens (including phenoxy) is 1. The highest BCUT2D eigenvalue weighted by Crippen LogP contribution is 2.34. The highest BCUT2D eigenvalue weighted by Gasteiger charge is 2.47. The lowest BCUT2D eigenvalue weighted by molar-refractivity contribution is -0.132. The van der Waals surface area contributed by atoms with Crippen LogP contribution in [0.25, 0.3) is 0 Å². The maximum absolute atomic E-state index is 13.1. The molecule has 3 rings (SSSR count). The predicted octanol–water partition coefficient (Wildman–Crippen LogP) is 0.912. The standard InChI is InChI=1S/C21H30N4O4/c1-22(2)20(28)25-10-9-24(14-21(15-25)12-19(27)23(3)13-21)18(26)11-16-5-7-17(29-4)8-6-16/h5-8H,9-15H2,1-4H3/t21-/m1/s1. The molecule has 0 bridgehead atoms. The maximum Gasteiger partial charge on any atom is 0.319 e. The van der Waals surface area contributed by atoms with Crippen LogP contribution in [-0.4, -0.2) is 98.4 Å². The summed E-state index contributed by atoms with van der Waals surface area (Å²) in [6, 6.07) is 7.37. The molecule has 2 heterocycles. The number of amides is 4. The number of benzene rings is 1. The third-order valence-corrected chi connectivity index (χ3v) is 5.74. The largest absolute Gasteiger partial charge is 0.497 e. The maximum atomic E-state index is 13.1. The zero-order valence-electron chi connectivity index (χ0n) is 17.7. The van der Waals surface area contributed by atoms with E-state index in [2.05, 4.69) is 0 Å². The van der Waals surface area contributed by atoms with Crippen LogP contribution in [0.3, 0.4) is 0 Å². The molecule has 0 unspecified atom stereocenters.